The van der Waals surface area contributed by atoms with Crippen molar-refractivity contribution in [2.24, 2.45) is 11.8 Å². The first-order chi connectivity index (χ1) is 8.67. The standard InChI is InChI=1S/C14H14N2O2/c1-11(13(8-15)9-16)7-14(17)18-10-12-5-3-2-4-6-12/h2-6,11,13H,7,10H2,1H3/t11-/m0/s1. The van der Waals surface area contributed by atoms with Crippen LogP contribution >= 0.6 is 0 Å². The van der Waals surface area contributed by atoms with Gasteiger partial charge in [-0.25, -0.2) is 0 Å². The van der Waals surface area contributed by atoms with E-state index in [0.717, 1.165) is 5.56 Å². The van der Waals surface area contributed by atoms with Crippen LogP contribution in [0.3, 0.4) is 0 Å². The van der Waals surface area contributed by atoms with Crippen molar-refractivity contribution in [2.75, 3.05) is 0 Å². The topological polar surface area (TPSA) is 73.9 Å². The van der Waals surface area contributed by atoms with Gasteiger partial charge >= 0.3 is 5.97 Å². The molecule has 4 heteroatoms. The minimum Gasteiger partial charge on any atom is -0.461 e. The van der Waals surface area contributed by atoms with Crippen LogP contribution in [-0.4, -0.2) is 5.97 Å². The van der Waals surface area contributed by atoms with Crippen molar-refractivity contribution in [3.8, 4) is 12.1 Å². The summed E-state index contributed by atoms with van der Waals surface area (Å²) in [5.74, 6) is -1.47. The summed E-state index contributed by atoms with van der Waals surface area (Å²) in [7, 11) is 0. The lowest BCUT2D eigenvalue weighted by Crippen LogP contribution is -2.15. The van der Waals surface area contributed by atoms with Crippen molar-refractivity contribution in [1.29, 1.82) is 10.5 Å². The van der Waals surface area contributed by atoms with Gasteiger partial charge in [0.25, 0.3) is 0 Å². The van der Waals surface area contributed by atoms with E-state index in [1.54, 1.807) is 6.92 Å². The SMILES string of the molecule is C[C@@H](CC(=O)OCc1ccccc1)C(C#N)C#N. The molecule has 1 aromatic carbocycles. The van der Waals surface area contributed by atoms with Crippen LogP contribution in [0.4, 0.5) is 0 Å². The van der Waals surface area contributed by atoms with Gasteiger partial charge in [0.1, 0.15) is 12.5 Å². The molecule has 92 valence electrons. The largest absolute Gasteiger partial charge is 0.461 e. The van der Waals surface area contributed by atoms with Crippen LogP contribution in [0.2, 0.25) is 0 Å². The molecule has 0 N–H and O–H groups in total. The van der Waals surface area contributed by atoms with E-state index >= 15 is 0 Å². The van der Waals surface area contributed by atoms with Crippen LogP contribution < -0.4 is 0 Å². The summed E-state index contributed by atoms with van der Waals surface area (Å²) in [5.41, 5.74) is 0.913. The van der Waals surface area contributed by atoms with Gasteiger partial charge in [-0.1, -0.05) is 37.3 Å². The van der Waals surface area contributed by atoms with Gasteiger partial charge in [-0.05, 0) is 11.5 Å². The predicted octanol–water partition coefficient (Wildman–Crippen LogP) is 2.42. The normalized spacial score (nSPS) is 11.3. The van der Waals surface area contributed by atoms with Gasteiger partial charge in [0.15, 0.2) is 0 Å². The second-order valence-corrected chi connectivity index (χ2v) is 4.06. The van der Waals surface area contributed by atoms with Crippen molar-refractivity contribution in [3.63, 3.8) is 0 Å². The Morgan fingerprint density at radius 3 is 2.44 bits per heavy atom. The number of hydrogen-bond donors (Lipinski definition) is 0. The Labute approximate surface area is 106 Å². The van der Waals surface area contributed by atoms with E-state index in [0.29, 0.717) is 0 Å². The van der Waals surface area contributed by atoms with Crippen LogP contribution in [0.1, 0.15) is 18.9 Å². The Balaban J connectivity index is 2.39. The number of hydrogen-bond acceptors (Lipinski definition) is 4. The van der Waals surface area contributed by atoms with E-state index in [1.165, 1.54) is 0 Å². The zero-order chi connectivity index (χ0) is 13.4. The van der Waals surface area contributed by atoms with E-state index in [1.807, 2.05) is 42.5 Å². The molecule has 0 saturated heterocycles. The summed E-state index contributed by atoms with van der Waals surface area (Å²) in [4.78, 5) is 11.5. The van der Waals surface area contributed by atoms with Crippen LogP contribution in [-0.2, 0) is 16.1 Å². The molecule has 1 aromatic rings. The Morgan fingerprint density at radius 2 is 1.89 bits per heavy atom. The van der Waals surface area contributed by atoms with Gasteiger partial charge in [0, 0.05) is 0 Å². The molecule has 0 amide bonds. The highest BCUT2D eigenvalue weighted by atomic mass is 16.5. The van der Waals surface area contributed by atoms with E-state index < -0.39 is 5.92 Å². The fourth-order valence-electron chi connectivity index (χ4n) is 1.46. The summed E-state index contributed by atoms with van der Waals surface area (Å²) >= 11 is 0. The zero-order valence-corrected chi connectivity index (χ0v) is 10.2. The Hall–Kier alpha value is -2.33. The molecular formula is C14H14N2O2. The summed E-state index contributed by atoms with van der Waals surface area (Å²) in [6, 6.07) is 13.1. The van der Waals surface area contributed by atoms with E-state index in [9.17, 15) is 4.79 Å². The first-order valence-electron chi connectivity index (χ1n) is 5.66. The molecule has 0 spiro atoms. The minimum absolute atomic E-state index is 0.0820. The molecule has 0 aliphatic heterocycles. The molecule has 18 heavy (non-hydrogen) atoms. The molecule has 1 rings (SSSR count). The van der Waals surface area contributed by atoms with Crippen molar-refractivity contribution in [2.45, 2.75) is 20.0 Å². The average molecular weight is 242 g/mol. The second-order valence-electron chi connectivity index (χ2n) is 4.06. The predicted molar refractivity (Wildman–Crippen MR) is 64.7 cm³/mol. The first-order valence-corrected chi connectivity index (χ1v) is 5.66. The van der Waals surface area contributed by atoms with Crippen molar-refractivity contribution in [1.82, 2.24) is 0 Å². The Morgan fingerprint density at radius 1 is 1.28 bits per heavy atom. The number of nitriles is 2. The molecule has 0 aliphatic carbocycles. The van der Waals surface area contributed by atoms with Crippen LogP contribution in [0, 0.1) is 34.5 Å². The number of esters is 1. The minimum atomic E-state index is -0.769. The number of nitrogens with zero attached hydrogens (tertiary/aromatic N) is 2. The van der Waals surface area contributed by atoms with Gasteiger partial charge in [-0.2, -0.15) is 10.5 Å². The highest BCUT2D eigenvalue weighted by Crippen LogP contribution is 2.15. The second kappa shape index (κ2) is 7.09. The van der Waals surface area contributed by atoms with Crippen LogP contribution in [0.15, 0.2) is 30.3 Å². The molecular weight excluding hydrogens is 228 g/mol. The van der Waals surface area contributed by atoms with E-state index in [2.05, 4.69) is 0 Å². The van der Waals surface area contributed by atoms with Crippen molar-refractivity contribution < 1.29 is 9.53 Å². The molecule has 0 aromatic heterocycles. The average Bonchev–Trinajstić information content (AvgIpc) is 2.39. The Kier molecular flexibility index (Phi) is 5.41. The first kappa shape index (κ1) is 13.7. The fourth-order valence-corrected chi connectivity index (χ4v) is 1.46. The van der Waals surface area contributed by atoms with Gasteiger partial charge in [-0.15, -0.1) is 0 Å². The maximum atomic E-state index is 11.5. The summed E-state index contributed by atoms with van der Waals surface area (Å²) < 4.78 is 5.08. The third-order valence-electron chi connectivity index (χ3n) is 2.58. The molecule has 0 unspecified atom stereocenters. The highest BCUT2D eigenvalue weighted by molar-refractivity contribution is 5.69. The molecule has 0 radical (unpaired) electrons. The van der Waals surface area contributed by atoms with E-state index in [-0.39, 0.29) is 24.9 Å². The maximum Gasteiger partial charge on any atom is 0.306 e. The lowest BCUT2D eigenvalue weighted by Gasteiger charge is -2.11. The van der Waals surface area contributed by atoms with Gasteiger partial charge in [-0.3, -0.25) is 4.79 Å². The van der Waals surface area contributed by atoms with Gasteiger partial charge < -0.3 is 4.74 Å². The molecule has 0 fully saturated rings. The lowest BCUT2D eigenvalue weighted by molar-refractivity contribution is -0.146. The third kappa shape index (κ3) is 4.27. The number of benzene rings is 1. The maximum absolute atomic E-state index is 11.5. The number of rotatable bonds is 5. The molecule has 0 saturated carbocycles. The number of carbonyl (C=O) groups excluding carboxylic acids is 1. The van der Waals surface area contributed by atoms with Crippen LogP contribution in [0.25, 0.3) is 0 Å². The summed E-state index contributed by atoms with van der Waals surface area (Å²) in [6.07, 6.45) is 0.0820. The lowest BCUT2D eigenvalue weighted by atomic mass is 9.94. The van der Waals surface area contributed by atoms with E-state index in [4.69, 9.17) is 15.3 Å². The third-order valence-corrected chi connectivity index (χ3v) is 2.58. The fraction of sp³-hybridized carbons (Fsp3) is 0.357. The number of ether oxygens (including phenoxy) is 1. The summed E-state index contributed by atoms with van der Waals surface area (Å²) in [5, 5.41) is 17.4. The molecule has 1 atom stereocenters. The smallest absolute Gasteiger partial charge is 0.306 e. The van der Waals surface area contributed by atoms with Gasteiger partial charge in [0.05, 0.1) is 18.6 Å². The quantitative estimate of drug-likeness (QED) is 0.743. The molecule has 0 aliphatic rings. The number of carbonyl (C=O) groups is 1. The zero-order valence-electron chi connectivity index (χ0n) is 10.2. The van der Waals surface area contributed by atoms with Crippen molar-refractivity contribution >= 4 is 5.97 Å². The van der Waals surface area contributed by atoms with Crippen molar-refractivity contribution in [3.05, 3.63) is 35.9 Å². The Bertz CT molecular complexity index is 457. The highest BCUT2D eigenvalue weighted by Gasteiger charge is 2.20. The summed E-state index contributed by atoms with van der Waals surface area (Å²) in [6.45, 7) is 1.91. The monoisotopic (exact) mass is 242 g/mol. The van der Waals surface area contributed by atoms with Crippen LogP contribution in [0.5, 0.6) is 0 Å². The molecule has 0 bridgehead atoms. The molecule has 0 heterocycles. The van der Waals surface area contributed by atoms with Gasteiger partial charge in [0.2, 0.25) is 0 Å². The molecule has 4 nitrogen and oxygen atoms in total.